The van der Waals surface area contributed by atoms with Crippen molar-refractivity contribution in [2.24, 2.45) is 0 Å². The van der Waals surface area contributed by atoms with Gasteiger partial charge in [0, 0.05) is 43.6 Å². The number of carbonyl (C=O) groups is 1. The van der Waals surface area contributed by atoms with Gasteiger partial charge in [0.05, 0.1) is 23.0 Å². The summed E-state index contributed by atoms with van der Waals surface area (Å²) in [4.78, 5) is 22.6. The summed E-state index contributed by atoms with van der Waals surface area (Å²) < 4.78 is 6.23. The molecule has 0 saturated carbocycles. The molecule has 4 rings (SSSR count). The molecule has 6 heteroatoms. The summed E-state index contributed by atoms with van der Waals surface area (Å²) in [7, 11) is 0. The van der Waals surface area contributed by atoms with E-state index in [1.54, 1.807) is 24.8 Å². The molecular weight excluding hydrogens is 334 g/mol. The number of hydrogen-bond acceptors (Lipinski definition) is 5. The summed E-state index contributed by atoms with van der Waals surface area (Å²) in [6.45, 7) is 4.19. The number of ether oxygens (including phenoxy) is 1. The zero-order chi connectivity index (χ0) is 17.3. The van der Waals surface area contributed by atoms with E-state index in [1.165, 1.54) is 0 Å². The summed E-state index contributed by atoms with van der Waals surface area (Å²) in [6, 6.07) is 5.87. The second kappa shape index (κ2) is 6.77. The van der Waals surface area contributed by atoms with Crippen molar-refractivity contribution in [3.05, 3.63) is 59.7 Å². The van der Waals surface area contributed by atoms with Crippen LogP contribution in [0.3, 0.4) is 0 Å². The first-order valence-corrected chi connectivity index (χ1v) is 9.48. The van der Waals surface area contributed by atoms with Gasteiger partial charge in [-0.15, -0.1) is 11.8 Å². The van der Waals surface area contributed by atoms with Gasteiger partial charge in [-0.1, -0.05) is 0 Å². The number of thioether (sulfide) groups is 1. The molecule has 1 atom stereocenters. The average Bonchev–Trinajstić information content (AvgIpc) is 3.04. The second-order valence-corrected chi connectivity index (χ2v) is 8.39. The van der Waals surface area contributed by atoms with E-state index in [1.807, 2.05) is 41.8 Å². The second-order valence-electron chi connectivity index (χ2n) is 6.90. The minimum Gasteiger partial charge on any atom is -0.373 e. The fourth-order valence-corrected chi connectivity index (χ4v) is 5.02. The molecule has 5 nitrogen and oxygen atoms in total. The minimum absolute atomic E-state index is 0.0866. The van der Waals surface area contributed by atoms with Crippen molar-refractivity contribution in [2.75, 3.05) is 18.8 Å². The van der Waals surface area contributed by atoms with Crippen LogP contribution in [-0.4, -0.2) is 50.5 Å². The molecule has 130 valence electrons. The number of aryl methyl sites for hydroxylation is 1. The Labute approximate surface area is 151 Å². The largest absolute Gasteiger partial charge is 0.373 e. The monoisotopic (exact) mass is 355 g/mol. The highest BCUT2D eigenvalue weighted by Crippen LogP contribution is 2.46. The Morgan fingerprint density at radius 2 is 2.12 bits per heavy atom. The van der Waals surface area contributed by atoms with Crippen LogP contribution in [0.1, 0.15) is 27.9 Å². The molecule has 0 N–H and O–H groups in total. The van der Waals surface area contributed by atoms with Crippen molar-refractivity contribution in [3.8, 4) is 0 Å². The molecule has 2 fully saturated rings. The van der Waals surface area contributed by atoms with E-state index in [0.717, 1.165) is 36.4 Å². The van der Waals surface area contributed by atoms with Crippen LogP contribution in [0.15, 0.2) is 43.0 Å². The lowest BCUT2D eigenvalue weighted by Gasteiger charge is -2.47. The van der Waals surface area contributed by atoms with E-state index in [9.17, 15) is 4.79 Å². The zero-order valence-electron chi connectivity index (χ0n) is 14.2. The van der Waals surface area contributed by atoms with Gasteiger partial charge in [0.15, 0.2) is 0 Å². The van der Waals surface area contributed by atoms with Crippen LogP contribution < -0.4 is 0 Å². The molecule has 2 aromatic heterocycles. The number of carbonyl (C=O) groups excluding carboxylic acids is 1. The highest BCUT2D eigenvalue weighted by molar-refractivity contribution is 8.01. The third-order valence-electron chi connectivity index (χ3n) is 4.78. The van der Waals surface area contributed by atoms with Crippen LogP contribution in [0, 0.1) is 6.92 Å². The first-order valence-electron chi connectivity index (χ1n) is 8.49. The maximum Gasteiger partial charge on any atom is 0.255 e. The topological polar surface area (TPSA) is 55.3 Å². The van der Waals surface area contributed by atoms with Crippen molar-refractivity contribution in [1.29, 1.82) is 0 Å². The maximum absolute atomic E-state index is 12.6. The Morgan fingerprint density at radius 1 is 1.32 bits per heavy atom. The molecule has 0 unspecified atom stereocenters. The summed E-state index contributed by atoms with van der Waals surface area (Å²) in [5.74, 6) is 1.09. The number of pyridine rings is 2. The van der Waals surface area contributed by atoms with E-state index < -0.39 is 0 Å². The molecule has 0 bridgehead atoms. The normalized spacial score (nSPS) is 21.3. The third-order valence-corrected chi connectivity index (χ3v) is 6.35. The molecule has 2 aliphatic heterocycles. The Morgan fingerprint density at radius 3 is 2.88 bits per heavy atom. The summed E-state index contributed by atoms with van der Waals surface area (Å²) >= 11 is 1.95. The van der Waals surface area contributed by atoms with Crippen LogP contribution in [0.25, 0.3) is 0 Å². The van der Waals surface area contributed by atoms with E-state index in [0.29, 0.717) is 12.2 Å². The highest BCUT2D eigenvalue weighted by Gasteiger charge is 2.51. The van der Waals surface area contributed by atoms with E-state index >= 15 is 0 Å². The van der Waals surface area contributed by atoms with Crippen molar-refractivity contribution >= 4 is 17.7 Å². The quantitative estimate of drug-likeness (QED) is 0.844. The van der Waals surface area contributed by atoms with Gasteiger partial charge in [0.2, 0.25) is 0 Å². The van der Waals surface area contributed by atoms with Gasteiger partial charge < -0.3 is 9.64 Å². The van der Waals surface area contributed by atoms with Crippen LogP contribution in [-0.2, 0) is 11.3 Å². The Bertz CT molecular complexity index is 762. The van der Waals surface area contributed by atoms with Gasteiger partial charge in [-0.25, -0.2) is 0 Å². The third kappa shape index (κ3) is 3.55. The van der Waals surface area contributed by atoms with Crippen molar-refractivity contribution in [3.63, 3.8) is 0 Å². The van der Waals surface area contributed by atoms with E-state index in [-0.39, 0.29) is 16.8 Å². The summed E-state index contributed by atoms with van der Waals surface area (Å²) in [6.07, 6.45) is 8.28. The first-order chi connectivity index (χ1) is 12.1. The smallest absolute Gasteiger partial charge is 0.255 e. The lowest BCUT2D eigenvalue weighted by Crippen LogP contribution is -2.60. The van der Waals surface area contributed by atoms with Gasteiger partial charge in [-0.3, -0.25) is 14.8 Å². The van der Waals surface area contributed by atoms with Crippen LogP contribution in [0.5, 0.6) is 0 Å². The molecule has 0 aliphatic carbocycles. The molecule has 1 amide bonds. The zero-order valence-corrected chi connectivity index (χ0v) is 15.0. The Balaban J connectivity index is 1.29. The summed E-state index contributed by atoms with van der Waals surface area (Å²) in [5, 5.41) is 0. The lowest BCUT2D eigenvalue weighted by molar-refractivity contribution is 0.0255. The van der Waals surface area contributed by atoms with Gasteiger partial charge in [0.25, 0.3) is 5.91 Å². The number of nitrogens with zero attached hydrogens (tertiary/aromatic N) is 3. The van der Waals surface area contributed by atoms with Crippen LogP contribution in [0.4, 0.5) is 0 Å². The number of hydrogen-bond donors (Lipinski definition) is 0. The molecule has 0 radical (unpaired) electrons. The lowest BCUT2D eigenvalue weighted by atomic mass is 9.92. The van der Waals surface area contributed by atoms with Crippen molar-refractivity contribution in [2.45, 2.75) is 30.8 Å². The molecule has 25 heavy (non-hydrogen) atoms. The molecule has 0 aromatic carbocycles. The molecule has 4 heterocycles. The molecule has 2 saturated heterocycles. The number of rotatable bonds is 4. The van der Waals surface area contributed by atoms with Crippen LogP contribution in [0.2, 0.25) is 0 Å². The van der Waals surface area contributed by atoms with Gasteiger partial charge in [-0.05, 0) is 42.7 Å². The van der Waals surface area contributed by atoms with Crippen LogP contribution >= 0.6 is 11.8 Å². The van der Waals surface area contributed by atoms with Gasteiger partial charge in [0.1, 0.15) is 0 Å². The van der Waals surface area contributed by atoms with Crippen molar-refractivity contribution < 1.29 is 9.53 Å². The van der Waals surface area contributed by atoms with Gasteiger partial charge in [-0.2, -0.15) is 0 Å². The van der Waals surface area contributed by atoms with Gasteiger partial charge >= 0.3 is 0 Å². The highest BCUT2D eigenvalue weighted by atomic mass is 32.2. The molecule has 2 aliphatic rings. The average molecular weight is 355 g/mol. The predicted octanol–water partition coefficient (Wildman–Crippen LogP) is 2.70. The SMILES string of the molecule is Cc1cncc(C(=O)N2CC3(C[C@@H](OCc4ccncc4)CS3)C2)c1. The number of amides is 1. The maximum atomic E-state index is 12.6. The Kier molecular flexibility index (Phi) is 4.48. The number of likely N-dealkylation sites (tertiary alicyclic amines) is 1. The first kappa shape index (κ1) is 16.5. The van der Waals surface area contributed by atoms with E-state index in [2.05, 4.69) is 9.97 Å². The molecule has 1 spiro atoms. The fraction of sp³-hybridized carbons (Fsp3) is 0.421. The van der Waals surface area contributed by atoms with Crippen molar-refractivity contribution in [1.82, 2.24) is 14.9 Å². The minimum atomic E-state index is 0.0866. The predicted molar refractivity (Wildman–Crippen MR) is 97.5 cm³/mol. The number of aromatic nitrogens is 2. The molecular formula is C19H21N3O2S. The Hall–Kier alpha value is -1.92. The summed E-state index contributed by atoms with van der Waals surface area (Å²) in [5.41, 5.74) is 2.85. The fourth-order valence-electron chi connectivity index (χ4n) is 3.47. The standard InChI is InChI=1S/C19H21N3O2S/c1-14-6-16(9-21-8-14)18(23)22-12-19(13-22)7-17(11-25-19)24-10-15-2-4-20-5-3-15/h2-6,8-9,17H,7,10-13H2,1H3/t17-/m1/s1. The molecule has 2 aromatic rings. The van der Waals surface area contributed by atoms with E-state index in [4.69, 9.17) is 4.74 Å².